The van der Waals surface area contributed by atoms with Crippen LogP contribution in [0.1, 0.15) is 25.3 Å². The lowest BCUT2D eigenvalue weighted by atomic mass is 9.93. The number of hydrogen-bond donors (Lipinski definition) is 0. The standard InChI is InChI=1S/C10H11N3S/c1-2-8(3-1)13-5-4-12-10(13)9-6-11-7-14-9/h4-8H,1-3H2. The third-order valence-corrected chi connectivity index (χ3v) is 3.56. The Hall–Kier alpha value is -1.16. The van der Waals surface area contributed by atoms with Crippen molar-refractivity contribution < 1.29 is 0 Å². The van der Waals surface area contributed by atoms with E-state index in [0.717, 1.165) is 5.82 Å². The van der Waals surface area contributed by atoms with E-state index in [-0.39, 0.29) is 0 Å². The Morgan fingerprint density at radius 3 is 3.00 bits per heavy atom. The van der Waals surface area contributed by atoms with Gasteiger partial charge >= 0.3 is 0 Å². The number of thiazole rings is 1. The molecule has 1 fully saturated rings. The topological polar surface area (TPSA) is 30.7 Å². The van der Waals surface area contributed by atoms with Gasteiger partial charge in [0.25, 0.3) is 0 Å². The van der Waals surface area contributed by atoms with E-state index in [9.17, 15) is 0 Å². The van der Waals surface area contributed by atoms with Gasteiger partial charge in [-0.25, -0.2) is 4.98 Å². The van der Waals surface area contributed by atoms with Gasteiger partial charge in [-0.1, -0.05) is 0 Å². The van der Waals surface area contributed by atoms with Gasteiger partial charge in [0.1, 0.15) is 0 Å². The summed E-state index contributed by atoms with van der Waals surface area (Å²) in [5.74, 6) is 1.08. The van der Waals surface area contributed by atoms with E-state index in [1.807, 2.05) is 17.9 Å². The molecule has 3 nitrogen and oxygen atoms in total. The van der Waals surface area contributed by atoms with Crippen LogP contribution in [-0.2, 0) is 0 Å². The highest BCUT2D eigenvalue weighted by atomic mass is 32.1. The second-order valence-corrected chi connectivity index (χ2v) is 4.49. The fraction of sp³-hybridized carbons (Fsp3) is 0.400. The van der Waals surface area contributed by atoms with E-state index in [0.29, 0.717) is 6.04 Å². The van der Waals surface area contributed by atoms with E-state index >= 15 is 0 Å². The first-order valence-corrected chi connectivity index (χ1v) is 5.75. The Morgan fingerprint density at radius 1 is 1.43 bits per heavy atom. The first kappa shape index (κ1) is 8.17. The molecule has 14 heavy (non-hydrogen) atoms. The molecule has 0 aliphatic heterocycles. The van der Waals surface area contributed by atoms with Crippen molar-refractivity contribution in [1.29, 1.82) is 0 Å². The van der Waals surface area contributed by atoms with Crippen molar-refractivity contribution in [2.24, 2.45) is 0 Å². The Balaban J connectivity index is 2.01. The van der Waals surface area contributed by atoms with Crippen LogP contribution >= 0.6 is 11.3 Å². The maximum Gasteiger partial charge on any atom is 0.151 e. The highest BCUT2D eigenvalue weighted by molar-refractivity contribution is 7.13. The molecule has 0 amide bonds. The lowest BCUT2D eigenvalue weighted by Gasteiger charge is -2.27. The first-order chi connectivity index (χ1) is 6.95. The molecule has 2 aromatic rings. The normalized spacial score (nSPS) is 16.9. The summed E-state index contributed by atoms with van der Waals surface area (Å²) in [6, 6.07) is 0.676. The number of hydrogen-bond acceptors (Lipinski definition) is 3. The maximum absolute atomic E-state index is 4.39. The summed E-state index contributed by atoms with van der Waals surface area (Å²) < 4.78 is 2.29. The Morgan fingerprint density at radius 2 is 2.36 bits per heavy atom. The van der Waals surface area contributed by atoms with Crippen molar-refractivity contribution in [2.75, 3.05) is 0 Å². The second kappa shape index (κ2) is 3.20. The van der Waals surface area contributed by atoms with E-state index in [1.54, 1.807) is 11.3 Å². The molecular formula is C10H11N3S. The zero-order valence-corrected chi connectivity index (χ0v) is 8.57. The number of aromatic nitrogens is 3. The number of rotatable bonds is 2. The van der Waals surface area contributed by atoms with Gasteiger partial charge in [-0.15, -0.1) is 11.3 Å². The van der Waals surface area contributed by atoms with Gasteiger partial charge in [0.15, 0.2) is 5.82 Å². The summed E-state index contributed by atoms with van der Waals surface area (Å²) in [4.78, 5) is 9.65. The van der Waals surface area contributed by atoms with Crippen molar-refractivity contribution >= 4 is 11.3 Å². The van der Waals surface area contributed by atoms with Gasteiger partial charge < -0.3 is 4.57 Å². The predicted octanol–water partition coefficient (Wildman–Crippen LogP) is 2.73. The van der Waals surface area contributed by atoms with Crippen LogP contribution in [0.2, 0.25) is 0 Å². The van der Waals surface area contributed by atoms with Crippen LogP contribution in [0, 0.1) is 0 Å². The molecule has 2 aromatic heterocycles. The van der Waals surface area contributed by atoms with Crippen LogP contribution in [0.4, 0.5) is 0 Å². The van der Waals surface area contributed by atoms with Crippen molar-refractivity contribution in [3.8, 4) is 10.7 Å². The number of imidazole rings is 1. The molecule has 72 valence electrons. The average molecular weight is 205 g/mol. The minimum absolute atomic E-state index is 0.676. The smallest absolute Gasteiger partial charge is 0.151 e. The third kappa shape index (κ3) is 1.18. The van der Waals surface area contributed by atoms with Crippen molar-refractivity contribution in [1.82, 2.24) is 14.5 Å². The largest absolute Gasteiger partial charge is 0.327 e. The SMILES string of the molecule is c1cn(C2CCC2)c(-c2cncs2)n1. The molecular weight excluding hydrogens is 194 g/mol. The minimum atomic E-state index is 0.676. The van der Waals surface area contributed by atoms with Crippen molar-refractivity contribution in [2.45, 2.75) is 25.3 Å². The van der Waals surface area contributed by atoms with Crippen LogP contribution in [0.3, 0.4) is 0 Å². The van der Waals surface area contributed by atoms with Gasteiger partial charge in [-0.2, -0.15) is 0 Å². The van der Waals surface area contributed by atoms with Crippen LogP contribution in [0.5, 0.6) is 0 Å². The molecule has 1 saturated carbocycles. The van der Waals surface area contributed by atoms with Crippen molar-refractivity contribution in [3.05, 3.63) is 24.1 Å². The molecule has 0 bridgehead atoms. The van der Waals surface area contributed by atoms with E-state index in [1.165, 1.54) is 24.1 Å². The minimum Gasteiger partial charge on any atom is -0.327 e. The molecule has 4 heteroatoms. The molecule has 0 unspecified atom stereocenters. The van der Waals surface area contributed by atoms with Gasteiger partial charge in [-0.05, 0) is 19.3 Å². The Bertz CT molecular complexity index is 414. The molecule has 2 heterocycles. The van der Waals surface area contributed by atoms with E-state index < -0.39 is 0 Å². The summed E-state index contributed by atoms with van der Waals surface area (Å²) >= 11 is 1.65. The fourth-order valence-electron chi connectivity index (χ4n) is 1.79. The predicted molar refractivity (Wildman–Crippen MR) is 56.2 cm³/mol. The van der Waals surface area contributed by atoms with Crippen LogP contribution in [-0.4, -0.2) is 14.5 Å². The summed E-state index contributed by atoms with van der Waals surface area (Å²) in [6.45, 7) is 0. The van der Waals surface area contributed by atoms with Crippen LogP contribution < -0.4 is 0 Å². The fourth-order valence-corrected chi connectivity index (χ4v) is 2.41. The zero-order valence-electron chi connectivity index (χ0n) is 7.76. The molecule has 1 aliphatic rings. The summed E-state index contributed by atoms with van der Waals surface area (Å²) in [5, 5.41) is 0. The van der Waals surface area contributed by atoms with Crippen molar-refractivity contribution in [3.63, 3.8) is 0 Å². The summed E-state index contributed by atoms with van der Waals surface area (Å²) in [7, 11) is 0. The third-order valence-electron chi connectivity index (χ3n) is 2.79. The quantitative estimate of drug-likeness (QED) is 0.754. The van der Waals surface area contributed by atoms with Gasteiger partial charge in [0, 0.05) is 24.6 Å². The monoisotopic (exact) mass is 205 g/mol. The molecule has 0 atom stereocenters. The van der Waals surface area contributed by atoms with Gasteiger partial charge in [0.2, 0.25) is 0 Å². The Labute approximate surface area is 86.4 Å². The van der Waals surface area contributed by atoms with E-state index in [4.69, 9.17) is 0 Å². The molecule has 0 N–H and O–H groups in total. The molecule has 3 rings (SSSR count). The van der Waals surface area contributed by atoms with Crippen LogP contribution in [0.25, 0.3) is 10.7 Å². The van der Waals surface area contributed by atoms with Gasteiger partial charge in [-0.3, -0.25) is 4.98 Å². The lowest BCUT2D eigenvalue weighted by molar-refractivity contribution is 0.316. The zero-order chi connectivity index (χ0) is 9.38. The molecule has 0 radical (unpaired) electrons. The van der Waals surface area contributed by atoms with Crippen LogP contribution in [0.15, 0.2) is 24.1 Å². The summed E-state index contributed by atoms with van der Waals surface area (Å²) in [6.07, 6.45) is 9.80. The first-order valence-electron chi connectivity index (χ1n) is 4.87. The average Bonchev–Trinajstić information content (AvgIpc) is 2.66. The molecule has 1 aliphatic carbocycles. The highest BCUT2D eigenvalue weighted by Crippen LogP contribution is 2.35. The molecule has 0 spiro atoms. The van der Waals surface area contributed by atoms with E-state index in [2.05, 4.69) is 20.7 Å². The second-order valence-electron chi connectivity index (χ2n) is 3.61. The lowest BCUT2D eigenvalue weighted by Crippen LogP contribution is -2.16. The number of nitrogens with zero attached hydrogens (tertiary/aromatic N) is 3. The summed E-state index contributed by atoms with van der Waals surface area (Å²) in [5.41, 5.74) is 1.86. The molecule has 0 saturated heterocycles. The Kier molecular flexibility index (Phi) is 1.87. The maximum atomic E-state index is 4.39. The highest BCUT2D eigenvalue weighted by Gasteiger charge is 2.22. The van der Waals surface area contributed by atoms with Gasteiger partial charge in [0.05, 0.1) is 10.4 Å². The molecule has 0 aromatic carbocycles.